The van der Waals surface area contributed by atoms with E-state index in [0.29, 0.717) is 0 Å². The second-order valence-corrected chi connectivity index (χ2v) is 4.83. The first-order valence-electron chi connectivity index (χ1n) is 4.84. The summed E-state index contributed by atoms with van der Waals surface area (Å²) >= 11 is 6.88. The number of ketones is 1. The first-order valence-corrected chi connectivity index (χ1v) is 6.10. The monoisotopic (exact) mass is 290 g/mol. The van der Waals surface area contributed by atoms with Crippen LogP contribution >= 0.6 is 22.9 Å². The number of rotatable bonds is 2. The van der Waals surface area contributed by atoms with Gasteiger partial charge in [-0.2, -0.15) is 13.2 Å². The summed E-state index contributed by atoms with van der Waals surface area (Å²) in [6.07, 6.45) is -4.46. The normalized spacial score (nSPS) is 11.6. The maximum absolute atomic E-state index is 12.5. The van der Waals surface area contributed by atoms with Crippen LogP contribution in [0.2, 0.25) is 5.02 Å². The van der Waals surface area contributed by atoms with E-state index in [9.17, 15) is 18.0 Å². The Morgan fingerprint density at radius 2 is 1.94 bits per heavy atom. The Hall–Kier alpha value is -1.33. The molecule has 6 heteroatoms. The second-order valence-electron chi connectivity index (χ2n) is 3.51. The van der Waals surface area contributed by atoms with Gasteiger partial charge in [-0.15, -0.1) is 11.3 Å². The highest BCUT2D eigenvalue weighted by atomic mass is 35.5. The maximum Gasteiger partial charge on any atom is 0.416 e. The Balaban J connectivity index is 2.41. The fourth-order valence-corrected chi connectivity index (χ4v) is 2.53. The smallest absolute Gasteiger partial charge is 0.288 e. The Bertz CT molecular complexity index is 589. The minimum Gasteiger partial charge on any atom is -0.288 e. The van der Waals surface area contributed by atoms with Crippen LogP contribution in [-0.2, 0) is 6.18 Å². The maximum atomic E-state index is 12.5. The van der Waals surface area contributed by atoms with Gasteiger partial charge in [-0.3, -0.25) is 4.79 Å². The zero-order chi connectivity index (χ0) is 13.3. The Kier molecular flexibility index (Phi) is 3.45. The lowest BCUT2D eigenvalue weighted by Gasteiger charge is -2.07. The van der Waals surface area contributed by atoms with Crippen molar-refractivity contribution in [3.8, 4) is 0 Å². The van der Waals surface area contributed by atoms with Crippen LogP contribution in [0.3, 0.4) is 0 Å². The lowest BCUT2D eigenvalue weighted by Crippen LogP contribution is -2.07. The third kappa shape index (κ3) is 2.57. The van der Waals surface area contributed by atoms with Gasteiger partial charge in [0.05, 0.1) is 15.5 Å². The van der Waals surface area contributed by atoms with E-state index in [4.69, 9.17) is 11.6 Å². The number of thiophene rings is 1. The molecule has 18 heavy (non-hydrogen) atoms. The number of hydrogen-bond donors (Lipinski definition) is 0. The van der Waals surface area contributed by atoms with E-state index in [-0.39, 0.29) is 15.5 Å². The molecule has 0 spiro atoms. The predicted octanol–water partition coefficient (Wildman–Crippen LogP) is 4.65. The third-order valence-electron chi connectivity index (χ3n) is 2.28. The molecule has 0 aliphatic rings. The highest BCUT2D eigenvalue weighted by Crippen LogP contribution is 2.31. The molecule has 2 rings (SSSR count). The number of carbonyl (C=O) groups excluding carboxylic acids is 1. The second kappa shape index (κ2) is 4.74. The standard InChI is InChI=1S/C12H6ClF3OS/c13-9-4-5-18-11(9)10(17)7-2-1-3-8(6-7)12(14,15)16/h1-6H. The molecule has 0 saturated heterocycles. The van der Waals surface area contributed by atoms with E-state index in [1.807, 2.05) is 0 Å². The van der Waals surface area contributed by atoms with Gasteiger partial charge in [-0.25, -0.2) is 0 Å². The van der Waals surface area contributed by atoms with Crippen LogP contribution in [0.15, 0.2) is 35.7 Å². The molecule has 0 atom stereocenters. The average Bonchev–Trinajstić information content (AvgIpc) is 2.73. The van der Waals surface area contributed by atoms with Gasteiger partial charge in [0.2, 0.25) is 5.78 Å². The lowest BCUT2D eigenvalue weighted by atomic mass is 10.1. The molecule has 1 heterocycles. The molecule has 1 nitrogen and oxygen atoms in total. The molecule has 0 bridgehead atoms. The molecular formula is C12H6ClF3OS. The molecule has 2 aromatic rings. The van der Waals surface area contributed by atoms with Gasteiger partial charge >= 0.3 is 6.18 Å². The summed E-state index contributed by atoms with van der Waals surface area (Å²) in [5.41, 5.74) is -0.866. The quantitative estimate of drug-likeness (QED) is 0.736. The summed E-state index contributed by atoms with van der Waals surface area (Å²) in [6, 6.07) is 5.84. The van der Waals surface area contributed by atoms with Crippen LogP contribution in [0.25, 0.3) is 0 Å². The van der Waals surface area contributed by atoms with Crippen LogP contribution in [0.1, 0.15) is 20.8 Å². The largest absolute Gasteiger partial charge is 0.416 e. The van der Waals surface area contributed by atoms with Gasteiger partial charge in [0.25, 0.3) is 0 Å². The first kappa shape index (κ1) is 13.1. The summed E-state index contributed by atoms with van der Waals surface area (Å²) in [6.45, 7) is 0. The highest BCUT2D eigenvalue weighted by molar-refractivity contribution is 7.13. The molecule has 0 unspecified atom stereocenters. The van der Waals surface area contributed by atoms with Crippen molar-refractivity contribution in [3.63, 3.8) is 0 Å². The molecule has 0 fully saturated rings. The zero-order valence-electron chi connectivity index (χ0n) is 8.79. The van der Waals surface area contributed by atoms with E-state index in [0.717, 1.165) is 23.5 Å². The molecular weight excluding hydrogens is 285 g/mol. The minimum atomic E-state index is -4.46. The molecule has 1 aromatic heterocycles. The van der Waals surface area contributed by atoms with Crippen molar-refractivity contribution in [1.82, 2.24) is 0 Å². The molecule has 0 amide bonds. The van der Waals surface area contributed by atoms with E-state index in [1.165, 1.54) is 18.2 Å². The Morgan fingerprint density at radius 1 is 1.22 bits per heavy atom. The van der Waals surface area contributed by atoms with E-state index < -0.39 is 17.5 Å². The molecule has 0 radical (unpaired) electrons. The van der Waals surface area contributed by atoms with Gasteiger partial charge in [-0.05, 0) is 23.6 Å². The number of alkyl halides is 3. The fourth-order valence-electron chi connectivity index (χ4n) is 1.42. The van der Waals surface area contributed by atoms with Crippen LogP contribution in [0.5, 0.6) is 0 Å². The fraction of sp³-hybridized carbons (Fsp3) is 0.0833. The van der Waals surface area contributed by atoms with Crippen LogP contribution < -0.4 is 0 Å². The SMILES string of the molecule is O=C(c1cccc(C(F)(F)F)c1)c1sccc1Cl. The van der Waals surface area contributed by atoms with Gasteiger partial charge in [0.1, 0.15) is 0 Å². The minimum absolute atomic E-state index is 0.0193. The number of hydrogen-bond acceptors (Lipinski definition) is 2. The van der Waals surface area contributed by atoms with Gasteiger partial charge in [-0.1, -0.05) is 23.7 Å². The summed E-state index contributed by atoms with van der Waals surface area (Å²) < 4.78 is 37.6. The molecule has 0 saturated carbocycles. The van der Waals surface area contributed by atoms with Crippen molar-refractivity contribution in [3.05, 3.63) is 56.7 Å². The molecule has 1 aromatic carbocycles. The van der Waals surface area contributed by atoms with Crippen molar-refractivity contribution in [2.75, 3.05) is 0 Å². The van der Waals surface area contributed by atoms with Crippen molar-refractivity contribution >= 4 is 28.7 Å². The summed E-state index contributed by atoms with van der Waals surface area (Å²) in [7, 11) is 0. The van der Waals surface area contributed by atoms with Crippen molar-refractivity contribution in [1.29, 1.82) is 0 Å². The topological polar surface area (TPSA) is 17.1 Å². The van der Waals surface area contributed by atoms with E-state index in [1.54, 1.807) is 5.38 Å². The molecule has 0 aliphatic heterocycles. The molecule has 0 N–H and O–H groups in total. The van der Waals surface area contributed by atoms with Gasteiger partial charge in [0.15, 0.2) is 0 Å². The van der Waals surface area contributed by atoms with Crippen LogP contribution in [0.4, 0.5) is 13.2 Å². The predicted molar refractivity (Wildman–Crippen MR) is 64.2 cm³/mol. The summed E-state index contributed by atoms with van der Waals surface area (Å²) in [5, 5.41) is 1.87. The molecule has 0 aliphatic carbocycles. The highest BCUT2D eigenvalue weighted by Gasteiger charge is 2.31. The van der Waals surface area contributed by atoms with Crippen LogP contribution in [0, 0.1) is 0 Å². The molecule has 94 valence electrons. The number of halogens is 4. The first-order chi connectivity index (χ1) is 8.39. The third-order valence-corrected chi connectivity index (χ3v) is 3.62. The lowest BCUT2D eigenvalue weighted by molar-refractivity contribution is -0.137. The Labute approximate surface area is 110 Å². The number of carbonyl (C=O) groups is 1. The van der Waals surface area contributed by atoms with E-state index in [2.05, 4.69) is 0 Å². The van der Waals surface area contributed by atoms with Crippen molar-refractivity contribution in [2.24, 2.45) is 0 Å². The van der Waals surface area contributed by atoms with Gasteiger partial charge in [0, 0.05) is 5.56 Å². The van der Waals surface area contributed by atoms with Gasteiger partial charge < -0.3 is 0 Å². The van der Waals surface area contributed by atoms with Crippen molar-refractivity contribution < 1.29 is 18.0 Å². The zero-order valence-corrected chi connectivity index (χ0v) is 10.4. The van der Waals surface area contributed by atoms with Crippen molar-refractivity contribution in [2.45, 2.75) is 6.18 Å². The summed E-state index contributed by atoms with van der Waals surface area (Å²) in [5.74, 6) is -0.499. The summed E-state index contributed by atoms with van der Waals surface area (Å²) in [4.78, 5) is 12.2. The average molecular weight is 291 g/mol. The van der Waals surface area contributed by atoms with Crippen LogP contribution in [-0.4, -0.2) is 5.78 Å². The number of benzene rings is 1. The Morgan fingerprint density at radius 3 is 2.50 bits per heavy atom. The van der Waals surface area contributed by atoms with E-state index >= 15 is 0 Å².